The zero-order chi connectivity index (χ0) is 20.1. The zero-order valence-corrected chi connectivity index (χ0v) is 17.5. The topological polar surface area (TPSA) is 49.4 Å². The van der Waals surface area contributed by atoms with E-state index in [4.69, 9.17) is 23.2 Å². The van der Waals surface area contributed by atoms with Crippen molar-refractivity contribution < 1.29 is 9.59 Å². The van der Waals surface area contributed by atoms with Crippen LogP contribution in [-0.2, 0) is 22.6 Å². The highest BCUT2D eigenvalue weighted by Gasteiger charge is 2.25. The SMILES string of the molecule is CNC(=O)[C@H](C)N(Cc1ccc(Cl)c(Cl)c1)C(=O)Cc1cc(C)cc(C)c1. The predicted octanol–water partition coefficient (Wildman–Crippen LogP) is 4.32. The lowest BCUT2D eigenvalue weighted by molar-refractivity contribution is -0.139. The molecule has 2 aromatic rings. The van der Waals surface area contributed by atoms with Crippen LogP contribution in [-0.4, -0.2) is 29.8 Å². The normalized spacial score (nSPS) is 11.8. The third-order valence-electron chi connectivity index (χ3n) is 4.39. The minimum Gasteiger partial charge on any atom is -0.357 e. The monoisotopic (exact) mass is 406 g/mol. The molecule has 6 heteroatoms. The van der Waals surface area contributed by atoms with Crippen LogP contribution in [0.2, 0.25) is 10.0 Å². The Morgan fingerprint density at radius 2 is 1.63 bits per heavy atom. The maximum Gasteiger partial charge on any atom is 0.242 e. The predicted molar refractivity (Wildman–Crippen MR) is 110 cm³/mol. The van der Waals surface area contributed by atoms with Gasteiger partial charge >= 0.3 is 0 Å². The number of carbonyl (C=O) groups is 2. The number of likely N-dealkylation sites (N-methyl/N-ethyl adjacent to an activating group) is 1. The van der Waals surface area contributed by atoms with E-state index < -0.39 is 6.04 Å². The van der Waals surface area contributed by atoms with Crippen LogP contribution in [0.5, 0.6) is 0 Å². The van der Waals surface area contributed by atoms with E-state index in [1.54, 1.807) is 31.0 Å². The van der Waals surface area contributed by atoms with E-state index in [0.717, 1.165) is 22.3 Å². The van der Waals surface area contributed by atoms with Crippen molar-refractivity contribution in [2.24, 2.45) is 0 Å². The van der Waals surface area contributed by atoms with Crippen molar-refractivity contribution in [2.75, 3.05) is 7.05 Å². The second-order valence-electron chi connectivity index (χ2n) is 6.73. The lowest BCUT2D eigenvalue weighted by atomic mass is 10.0. The quantitative estimate of drug-likeness (QED) is 0.776. The first-order chi connectivity index (χ1) is 12.7. The van der Waals surface area contributed by atoms with Gasteiger partial charge in [-0.05, 0) is 44.0 Å². The summed E-state index contributed by atoms with van der Waals surface area (Å²) in [6.07, 6.45) is 0.227. The van der Waals surface area contributed by atoms with Crippen molar-refractivity contribution in [3.8, 4) is 0 Å². The van der Waals surface area contributed by atoms with Crippen LogP contribution in [0.15, 0.2) is 36.4 Å². The van der Waals surface area contributed by atoms with E-state index in [1.165, 1.54) is 0 Å². The highest BCUT2D eigenvalue weighted by Crippen LogP contribution is 2.24. The van der Waals surface area contributed by atoms with Crippen LogP contribution in [0.25, 0.3) is 0 Å². The van der Waals surface area contributed by atoms with E-state index >= 15 is 0 Å². The van der Waals surface area contributed by atoms with Crippen LogP contribution in [0.4, 0.5) is 0 Å². The molecule has 0 heterocycles. The first-order valence-corrected chi connectivity index (χ1v) is 9.49. The Morgan fingerprint density at radius 1 is 1.00 bits per heavy atom. The molecular weight excluding hydrogens is 383 g/mol. The van der Waals surface area contributed by atoms with Gasteiger partial charge in [0, 0.05) is 13.6 Å². The summed E-state index contributed by atoms with van der Waals surface area (Å²) in [6.45, 7) is 5.99. The molecule has 27 heavy (non-hydrogen) atoms. The van der Waals surface area contributed by atoms with Gasteiger partial charge in [0.1, 0.15) is 6.04 Å². The number of nitrogens with zero attached hydrogens (tertiary/aromatic N) is 1. The summed E-state index contributed by atoms with van der Waals surface area (Å²) in [5.74, 6) is -0.342. The summed E-state index contributed by atoms with van der Waals surface area (Å²) in [7, 11) is 1.56. The van der Waals surface area contributed by atoms with Crippen molar-refractivity contribution in [3.63, 3.8) is 0 Å². The number of amides is 2. The molecule has 0 aliphatic carbocycles. The summed E-state index contributed by atoms with van der Waals surface area (Å²) in [6, 6.07) is 10.7. The van der Waals surface area contributed by atoms with E-state index in [-0.39, 0.29) is 24.8 Å². The molecule has 1 atom stereocenters. The van der Waals surface area contributed by atoms with Crippen molar-refractivity contribution in [1.29, 1.82) is 0 Å². The Morgan fingerprint density at radius 3 is 2.19 bits per heavy atom. The van der Waals surface area contributed by atoms with E-state index in [0.29, 0.717) is 10.0 Å². The standard InChI is InChI=1S/C21H24Cl2N2O2/c1-13-7-14(2)9-17(8-13)11-20(26)25(15(3)21(27)24-4)12-16-5-6-18(22)19(23)10-16/h5-10,15H,11-12H2,1-4H3,(H,24,27)/t15-/m0/s1. The number of rotatable bonds is 6. The van der Waals surface area contributed by atoms with Crippen LogP contribution >= 0.6 is 23.2 Å². The molecule has 0 fully saturated rings. The van der Waals surface area contributed by atoms with Crippen LogP contribution in [0, 0.1) is 13.8 Å². The number of hydrogen-bond donors (Lipinski definition) is 1. The molecule has 0 saturated heterocycles. The molecule has 0 aromatic heterocycles. The summed E-state index contributed by atoms with van der Waals surface area (Å²) < 4.78 is 0. The van der Waals surface area contributed by atoms with Crippen LogP contribution in [0.1, 0.15) is 29.2 Å². The van der Waals surface area contributed by atoms with Gasteiger partial charge in [0.05, 0.1) is 16.5 Å². The molecule has 144 valence electrons. The molecule has 0 radical (unpaired) electrons. The third-order valence-corrected chi connectivity index (χ3v) is 5.13. The average molecular weight is 407 g/mol. The maximum absolute atomic E-state index is 13.0. The van der Waals surface area contributed by atoms with Crippen molar-refractivity contribution in [2.45, 2.75) is 39.8 Å². The molecule has 0 aliphatic heterocycles. The number of nitrogens with one attached hydrogen (secondary N) is 1. The van der Waals surface area contributed by atoms with E-state index in [1.807, 2.05) is 32.0 Å². The molecule has 0 spiro atoms. The molecule has 0 saturated carbocycles. The van der Waals surface area contributed by atoms with Gasteiger partial charge < -0.3 is 10.2 Å². The number of aryl methyl sites for hydroxylation is 2. The summed E-state index contributed by atoms with van der Waals surface area (Å²) in [5.41, 5.74) is 3.95. The van der Waals surface area contributed by atoms with Gasteiger partial charge in [0.25, 0.3) is 0 Å². The van der Waals surface area contributed by atoms with Crippen LogP contribution in [0.3, 0.4) is 0 Å². The molecule has 2 rings (SSSR count). The molecule has 2 aromatic carbocycles. The fourth-order valence-electron chi connectivity index (χ4n) is 3.07. The molecule has 2 amide bonds. The average Bonchev–Trinajstić information content (AvgIpc) is 2.60. The fraction of sp³-hybridized carbons (Fsp3) is 0.333. The highest BCUT2D eigenvalue weighted by molar-refractivity contribution is 6.42. The van der Waals surface area contributed by atoms with Gasteiger partial charge in [-0.15, -0.1) is 0 Å². The second-order valence-corrected chi connectivity index (χ2v) is 7.55. The second kappa shape index (κ2) is 9.25. The third kappa shape index (κ3) is 5.72. The molecular formula is C21H24Cl2N2O2. The van der Waals surface area contributed by atoms with E-state index in [9.17, 15) is 9.59 Å². The summed E-state index contributed by atoms with van der Waals surface area (Å²) >= 11 is 12.1. The molecule has 0 bridgehead atoms. The Balaban J connectivity index is 2.28. The van der Waals surface area contributed by atoms with Crippen molar-refractivity contribution in [3.05, 3.63) is 68.7 Å². The maximum atomic E-state index is 13.0. The van der Waals surface area contributed by atoms with Gasteiger partial charge in [-0.3, -0.25) is 9.59 Å². The Kier molecular flexibility index (Phi) is 7.28. The smallest absolute Gasteiger partial charge is 0.242 e. The highest BCUT2D eigenvalue weighted by atomic mass is 35.5. The Hall–Kier alpha value is -2.04. The number of carbonyl (C=O) groups excluding carboxylic acids is 2. The molecule has 0 aliphatic rings. The number of benzene rings is 2. The Labute approximate surface area is 170 Å². The van der Waals surface area contributed by atoms with Crippen molar-refractivity contribution in [1.82, 2.24) is 10.2 Å². The lowest BCUT2D eigenvalue weighted by Crippen LogP contribution is -2.47. The van der Waals surface area contributed by atoms with Gasteiger partial charge in [-0.2, -0.15) is 0 Å². The summed E-state index contributed by atoms with van der Waals surface area (Å²) in [4.78, 5) is 26.8. The minimum absolute atomic E-state index is 0.123. The van der Waals surface area contributed by atoms with E-state index in [2.05, 4.69) is 11.4 Å². The number of halogens is 2. The summed E-state index contributed by atoms with van der Waals surface area (Å²) in [5, 5.41) is 3.48. The lowest BCUT2D eigenvalue weighted by Gasteiger charge is -2.28. The minimum atomic E-state index is -0.608. The van der Waals surface area contributed by atoms with Gasteiger partial charge in [-0.1, -0.05) is 58.6 Å². The van der Waals surface area contributed by atoms with Gasteiger partial charge in [0.2, 0.25) is 11.8 Å². The molecule has 1 N–H and O–H groups in total. The number of hydrogen-bond acceptors (Lipinski definition) is 2. The first kappa shape index (κ1) is 21.3. The largest absolute Gasteiger partial charge is 0.357 e. The molecule has 4 nitrogen and oxygen atoms in total. The first-order valence-electron chi connectivity index (χ1n) is 8.73. The zero-order valence-electron chi connectivity index (χ0n) is 16.0. The van der Waals surface area contributed by atoms with Crippen molar-refractivity contribution >= 4 is 35.0 Å². The molecule has 0 unspecified atom stereocenters. The van der Waals surface area contributed by atoms with Gasteiger partial charge in [0.15, 0.2) is 0 Å². The van der Waals surface area contributed by atoms with Gasteiger partial charge in [-0.25, -0.2) is 0 Å². The Bertz CT molecular complexity index is 832. The fourth-order valence-corrected chi connectivity index (χ4v) is 3.39. The van der Waals surface area contributed by atoms with Crippen LogP contribution < -0.4 is 5.32 Å².